The topological polar surface area (TPSA) is 101 Å². The highest BCUT2D eigenvalue weighted by molar-refractivity contribution is 5.99. The fraction of sp³-hybridized carbons (Fsp3) is 0.364. The summed E-state index contributed by atoms with van der Waals surface area (Å²) in [7, 11) is 0. The second-order valence-electron chi connectivity index (χ2n) is 7.25. The van der Waals surface area contributed by atoms with Crippen LogP contribution in [0.3, 0.4) is 0 Å². The average molecular weight is 408 g/mol. The summed E-state index contributed by atoms with van der Waals surface area (Å²) in [6, 6.07) is 14.4. The highest BCUT2D eigenvalue weighted by atomic mass is 16.5. The number of hydrogen-bond acceptors (Lipinski definition) is 6. The van der Waals surface area contributed by atoms with Crippen molar-refractivity contribution in [3.05, 3.63) is 48.5 Å². The van der Waals surface area contributed by atoms with Crippen LogP contribution in [0, 0.1) is 0 Å². The van der Waals surface area contributed by atoms with Crippen LogP contribution >= 0.6 is 0 Å². The number of nitrogens with one attached hydrogen (secondary N) is 2. The first-order chi connectivity index (χ1) is 14.7. The van der Waals surface area contributed by atoms with Crippen LogP contribution in [0.4, 0.5) is 22.7 Å². The van der Waals surface area contributed by atoms with Crippen molar-refractivity contribution in [2.45, 2.75) is 37.9 Å². The maximum Gasteiger partial charge on any atom is 0.253 e. The summed E-state index contributed by atoms with van der Waals surface area (Å²) >= 11 is 0. The van der Waals surface area contributed by atoms with Gasteiger partial charge in [-0.05, 0) is 56.0 Å². The molecule has 2 aliphatic heterocycles. The molecule has 2 heterocycles. The van der Waals surface area contributed by atoms with Gasteiger partial charge in [0.2, 0.25) is 0 Å². The van der Waals surface area contributed by atoms with Crippen LogP contribution in [0.5, 0.6) is 0 Å². The predicted molar refractivity (Wildman–Crippen MR) is 112 cm³/mol. The molecule has 30 heavy (non-hydrogen) atoms. The SMILES string of the molecule is O=C(Nc1ccc(N=Nc2ccccc2)c(NC(=O)[C@H]2CCCO2)c1)[C@@H]1CCCO1. The number of rotatable bonds is 6. The highest BCUT2D eigenvalue weighted by Gasteiger charge is 2.25. The maximum atomic E-state index is 12.6. The van der Waals surface area contributed by atoms with Gasteiger partial charge in [0.15, 0.2) is 0 Å². The van der Waals surface area contributed by atoms with Crippen molar-refractivity contribution in [1.29, 1.82) is 0 Å². The number of benzene rings is 2. The summed E-state index contributed by atoms with van der Waals surface area (Å²) in [6.45, 7) is 1.18. The van der Waals surface area contributed by atoms with Gasteiger partial charge in [-0.15, -0.1) is 5.11 Å². The quantitative estimate of drug-likeness (QED) is 0.694. The lowest BCUT2D eigenvalue weighted by molar-refractivity contribution is -0.125. The Bertz CT molecular complexity index is 920. The van der Waals surface area contributed by atoms with Crippen molar-refractivity contribution in [3.63, 3.8) is 0 Å². The van der Waals surface area contributed by atoms with Crippen LogP contribution in [-0.4, -0.2) is 37.2 Å². The van der Waals surface area contributed by atoms with Crippen molar-refractivity contribution in [1.82, 2.24) is 0 Å². The van der Waals surface area contributed by atoms with E-state index in [1.165, 1.54) is 0 Å². The van der Waals surface area contributed by atoms with E-state index in [-0.39, 0.29) is 11.8 Å². The zero-order valence-electron chi connectivity index (χ0n) is 16.5. The summed E-state index contributed by atoms with van der Waals surface area (Å²) in [5, 5.41) is 14.2. The molecule has 2 saturated heterocycles. The molecular weight excluding hydrogens is 384 g/mol. The lowest BCUT2D eigenvalue weighted by Crippen LogP contribution is -2.28. The Labute approximate surface area is 174 Å². The molecule has 8 nitrogen and oxygen atoms in total. The summed E-state index contributed by atoms with van der Waals surface area (Å²) in [5.41, 5.74) is 2.20. The summed E-state index contributed by atoms with van der Waals surface area (Å²) < 4.78 is 10.9. The molecule has 0 bridgehead atoms. The Hall–Kier alpha value is -3.10. The number of nitrogens with zero attached hydrogens (tertiary/aromatic N) is 2. The molecule has 4 rings (SSSR count). The monoisotopic (exact) mass is 408 g/mol. The number of carbonyl (C=O) groups is 2. The van der Waals surface area contributed by atoms with E-state index in [2.05, 4.69) is 20.9 Å². The fourth-order valence-electron chi connectivity index (χ4n) is 3.41. The summed E-state index contributed by atoms with van der Waals surface area (Å²) in [4.78, 5) is 24.9. The Morgan fingerprint density at radius 2 is 1.50 bits per heavy atom. The first-order valence-electron chi connectivity index (χ1n) is 10.1. The number of anilines is 2. The number of azo groups is 1. The second kappa shape index (κ2) is 9.60. The first kappa shape index (κ1) is 20.2. The van der Waals surface area contributed by atoms with Crippen molar-refractivity contribution in [2.75, 3.05) is 23.8 Å². The lowest BCUT2D eigenvalue weighted by atomic mass is 10.2. The molecule has 2 aromatic carbocycles. The molecule has 0 aliphatic carbocycles. The smallest absolute Gasteiger partial charge is 0.253 e. The van der Waals surface area contributed by atoms with Crippen LogP contribution in [0.2, 0.25) is 0 Å². The van der Waals surface area contributed by atoms with Crippen LogP contribution in [0.25, 0.3) is 0 Å². The van der Waals surface area contributed by atoms with E-state index in [0.29, 0.717) is 48.8 Å². The molecule has 2 atom stereocenters. The molecule has 2 fully saturated rings. The van der Waals surface area contributed by atoms with Crippen molar-refractivity contribution >= 4 is 34.6 Å². The highest BCUT2D eigenvalue weighted by Crippen LogP contribution is 2.31. The molecule has 0 saturated carbocycles. The van der Waals surface area contributed by atoms with Gasteiger partial charge in [-0.2, -0.15) is 5.11 Å². The zero-order valence-corrected chi connectivity index (χ0v) is 16.5. The Kier molecular flexibility index (Phi) is 6.46. The molecule has 0 unspecified atom stereocenters. The standard InChI is InChI=1S/C22H24N4O4/c27-21(19-8-4-12-29-19)23-16-10-11-17(26-25-15-6-2-1-3-7-15)18(14-16)24-22(28)20-9-5-13-30-20/h1-3,6-7,10-11,14,19-20H,4-5,8-9,12-13H2,(H,23,27)(H,24,28)/t19-,20+/m0/s1. The van der Waals surface area contributed by atoms with Gasteiger partial charge < -0.3 is 20.1 Å². The molecule has 0 spiro atoms. The van der Waals surface area contributed by atoms with Crippen LogP contribution in [0.1, 0.15) is 25.7 Å². The van der Waals surface area contributed by atoms with E-state index in [0.717, 1.165) is 12.8 Å². The van der Waals surface area contributed by atoms with Crippen molar-refractivity contribution in [2.24, 2.45) is 10.2 Å². The third kappa shape index (κ3) is 5.08. The third-order valence-electron chi connectivity index (χ3n) is 5.00. The van der Waals surface area contributed by atoms with Crippen LogP contribution in [0.15, 0.2) is 58.8 Å². The number of hydrogen-bond donors (Lipinski definition) is 2. The molecule has 2 aliphatic rings. The number of carbonyl (C=O) groups excluding carboxylic acids is 2. The van der Waals surface area contributed by atoms with E-state index >= 15 is 0 Å². The van der Waals surface area contributed by atoms with Crippen molar-refractivity contribution in [3.8, 4) is 0 Å². The predicted octanol–water partition coefficient (Wildman–Crippen LogP) is 4.34. The van der Waals surface area contributed by atoms with Gasteiger partial charge in [-0.25, -0.2) is 0 Å². The minimum atomic E-state index is -0.478. The fourth-order valence-corrected chi connectivity index (χ4v) is 3.41. The average Bonchev–Trinajstić information content (AvgIpc) is 3.48. The van der Waals surface area contributed by atoms with E-state index in [1.54, 1.807) is 18.2 Å². The Morgan fingerprint density at radius 3 is 2.13 bits per heavy atom. The first-order valence-corrected chi connectivity index (χ1v) is 10.1. The number of ether oxygens (including phenoxy) is 2. The molecule has 2 amide bonds. The molecular formula is C22H24N4O4. The summed E-state index contributed by atoms with van der Waals surface area (Å²) in [5.74, 6) is -0.422. The van der Waals surface area contributed by atoms with Gasteiger partial charge in [-0.1, -0.05) is 18.2 Å². The molecule has 156 valence electrons. The largest absolute Gasteiger partial charge is 0.368 e. The van der Waals surface area contributed by atoms with Gasteiger partial charge in [-0.3, -0.25) is 9.59 Å². The van der Waals surface area contributed by atoms with Crippen LogP contribution < -0.4 is 10.6 Å². The van der Waals surface area contributed by atoms with E-state index in [1.807, 2.05) is 30.3 Å². The molecule has 2 N–H and O–H groups in total. The Morgan fingerprint density at radius 1 is 0.833 bits per heavy atom. The van der Waals surface area contributed by atoms with Gasteiger partial charge in [0.25, 0.3) is 11.8 Å². The van der Waals surface area contributed by atoms with Gasteiger partial charge >= 0.3 is 0 Å². The summed E-state index contributed by atoms with van der Waals surface area (Å²) in [6.07, 6.45) is 2.21. The van der Waals surface area contributed by atoms with Crippen LogP contribution in [-0.2, 0) is 19.1 Å². The van der Waals surface area contributed by atoms with E-state index < -0.39 is 12.2 Å². The number of amides is 2. The molecule has 0 radical (unpaired) electrons. The normalized spacial score (nSPS) is 21.1. The molecule has 8 heteroatoms. The minimum absolute atomic E-state index is 0.192. The Balaban J connectivity index is 1.55. The minimum Gasteiger partial charge on any atom is -0.368 e. The maximum absolute atomic E-state index is 12.6. The second-order valence-corrected chi connectivity index (χ2v) is 7.25. The van der Waals surface area contributed by atoms with Gasteiger partial charge in [0.05, 0.1) is 11.4 Å². The van der Waals surface area contributed by atoms with E-state index in [4.69, 9.17) is 9.47 Å². The molecule has 2 aromatic rings. The van der Waals surface area contributed by atoms with E-state index in [9.17, 15) is 9.59 Å². The third-order valence-corrected chi connectivity index (χ3v) is 5.00. The van der Waals surface area contributed by atoms with Gasteiger partial charge in [0.1, 0.15) is 17.9 Å². The van der Waals surface area contributed by atoms with Gasteiger partial charge in [0, 0.05) is 18.9 Å². The lowest BCUT2D eigenvalue weighted by Gasteiger charge is -2.15. The zero-order chi connectivity index (χ0) is 20.8. The van der Waals surface area contributed by atoms with Crippen molar-refractivity contribution < 1.29 is 19.1 Å². The molecule has 0 aromatic heterocycles.